The van der Waals surface area contributed by atoms with Crippen LogP contribution < -0.4 is 5.32 Å². The van der Waals surface area contributed by atoms with E-state index in [-0.39, 0.29) is 0 Å². The van der Waals surface area contributed by atoms with Crippen molar-refractivity contribution >= 4 is 11.8 Å². The van der Waals surface area contributed by atoms with Crippen LogP contribution in [0.15, 0.2) is 23.4 Å². The van der Waals surface area contributed by atoms with Crippen LogP contribution >= 0.6 is 11.8 Å². The number of hydrogen-bond donors (Lipinski definition) is 1. The molecule has 0 aromatic carbocycles. The lowest BCUT2D eigenvalue weighted by atomic mass is 10.1. The van der Waals surface area contributed by atoms with Crippen LogP contribution in [0.2, 0.25) is 0 Å². The van der Waals surface area contributed by atoms with Gasteiger partial charge in [-0.05, 0) is 43.8 Å². The summed E-state index contributed by atoms with van der Waals surface area (Å²) in [6.07, 6.45) is 4.41. The fourth-order valence-corrected chi connectivity index (χ4v) is 2.26. The molecule has 84 valence electrons. The summed E-state index contributed by atoms with van der Waals surface area (Å²) in [7, 11) is 1.98. The number of pyridine rings is 1. The molecule has 3 heteroatoms. The molecule has 1 unspecified atom stereocenters. The SMILES string of the molecule is CCCCSc1cc(C(C)NC)ccn1. The predicted octanol–water partition coefficient (Wildman–Crippen LogP) is 3.25. The molecule has 0 saturated heterocycles. The minimum Gasteiger partial charge on any atom is -0.313 e. The number of thioether (sulfide) groups is 1. The molecule has 0 radical (unpaired) electrons. The molecule has 1 heterocycles. The zero-order chi connectivity index (χ0) is 11.1. The molecule has 1 rings (SSSR count). The second kappa shape index (κ2) is 6.85. The zero-order valence-corrected chi connectivity index (χ0v) is 10.6. The van der Waals surface area contributed by atoms with Gasteiger partial charge in [-0.25, -0.2) is 4.98 Å². The number of nitrogens with zero attached hydrogens (tertiary/aromatic N) is 1. The molecular formula is C12H20N2S. The Hall–Kier alpha value is -0.540. The van der Waals surface area contributed by atoms with Crippen molar-refractivity contribution in [1.29, 1.82) is 0 Å². The molecule has 2 nitrogen and oxygen atoms in total. The van der Waals surface area contributed by atoms with Crippen LogP contribution in [0.1, 0.15) is 38.3 Å². The highest BCUT2D eigenvalue weighted by Crippen LogP contribution is 2.20. The summed E-state index contributed by atoms with van der Waals surface area (Å²) in [4.78, 5) is 4.36. The van der Waals surface area contributed by atoms with Crippen molar-refractivity contribution in [2.75, 3.05) is 12.8 Å². The van der Waals surface area contributed by atoms with Crippen LogP contribution in [0, 0.1) is 0 Å². The molecule has 0 saturated carbocycles. The summed E-state index contributed by atoms with van der Waals surface area (Å²) in [5.74, 6) is 1.17. The summed E-state index contributed by atoms with van der Waals surface area (Å²) in [5, 5.41) is 4.38. The molecule has 0 aliphatic rings. The van der Waals surface area contributed by atoms with Gasteiger partial charge in [-0.1, -0.05) is 13.3 Å². The van der Waals surface area contributed by atoms with Crippen LogP contribution in [-0.2, 0) is 0 Å². The number of hydrogen-bond acceptors (Lipinski definition) is 3. The molecule has 15 heavy (non-hydrogen) atoms. The van der Waals surface area contributed by atoms with E-state index in [1.165, 1.54) is 24.2 Å². The monoisotopic (exact) mass is 224 g/mol. The Bertz CT molecular complexity index is 289. The van der Waals surface area contributed by atoms with E-state index < -0.39 is 0 Å². The molecule has 0 bridgehead atoms. The first kappa shape index (κ1) is 12.5. The average molecular weight is 224 g/mol. The zero-order valence-electron chi connectivity index (χ0n) is 9.79. The standard InChI is InChI=1S/C12H20N2S/c1-4-5-8-15-12-9-11(6-7-14-12)10(2)13-3/h6-7,9-10,13H,4-5,8H2,1-3H3. The summed E-state index contributed by atoms with van der Waals surface area (Å²) in [5.41, 5.74) is 1.31. The molecule has 0 amide bonds. The maximum atomic E-state index is 4.36. The largest absolute Gasteiger partial charge is 0.313 e. The smallest absolute Gasteiger partial charge is 0.0963 e. The van der Waals surface area contributed by atoms with Gasteiger partial charge in [0.15, 0.2) is 0 Å². The van der Waals surface area contributed by atoms with Crippen LogP contribution in [0.5, 0.6) is 0 Å². The van der Waals surface area contributed by atoms with Gasteiger partial charge in [0, 0.05) is 12.2 Å². The Morgan fingerprint density at radius 2 is 2.33 bits per heavy atom. The quantitative estimate of drug-likeness (QED) is 0.593. The first-order valence-corrected chi connectivity index (χ1v) is 6.52. The van der Waals surface area contributed by atoms with Crippen molar-refractivity contribution in [1.82, 2.24) is 10.3 Å². The number of aromatic nitrogens is 1. The van der Waals surface area contributed by atoms with Crippen molar-refractivity contribution in [2.45, 2.75) is 37.8 Å². The normalized spacial score (nSPS) is 12.7. The van der Waals surface area contributed by atoms with Crippen molar-refractivity contribution in [3.63, 3.8) is 0 Å². The van der Waals surface area contributed by atoms with Crippen molar-refractivity contribution in [2.24, 2.45) is 0 Å². The van der Waals surface area contributed by atoms with Crippen molar-refractivity contribution in [3.05, 3.63) is 23.9 Å². The van der Waals surface area contributed by atoms with E-state index in [1.54, 1.807) is 0 Å². The minimum atomic E-state index is 0.401. The lowest BCUT2D eigenvalue weighted by Gasteiger charge is -2.11. The van der Waals surface area contributed by atoms with Gasteiger partial charge < -0.3 is 5.32 Å². The third-order valence-electron chi connectivity index (χ3n) is 2.44. The number of rotatable bonds is 6. The van der Waals surface area contributed by atoms with Gasteiger partial charge in [-0.2, -0.15) is 0 Å². The van der Waals surface area contributed by atoms with Crippen LogP contribution in [0.4, 0.5) is 0 Å². The maximum Gasteiger partial charge on any atom is 0.0963 e. The highest BCUT2D eigenvalue weighted by atomic mass is 32.2. The van der Waals surface area contributed by atoms with E-state index >= 15 is 0 Å². The molecule has 0 spiro atoms. The van der Waals surface area contributed by atoms with E-state index in [9.17, 15) is 0 Å². The van der Waals surface area contributed by atoms with Gasteiger partial charge in [-0.3, -0.25) is 0 Å². The van der Waals surface area contributed by atoms with Crippen LogP contribution in [0.25, 0.3) is 0 Å². The lowest BCUT2D eigenvalue weighted by molar-refractivity contribution is 0.649. The van der Waals surface area contributed by atoms with Crippen molar-refractivity contribution in [3.8, 4) is 0 Å². The highest BCUT2D eigenvalue weighted by molar-refractivity contribution is 7.99. The van der Waals surface area contributed by atoms with Crippen LogP contribution in [-0.4, -0.2) is 17.8 Å². The maximum absolute atomic E-state index is 4.36. The number of unbranched alkanes of at least 4 members (excludes halogenated alkanes) is 1. The molecule has 1 N–H and O–H groups in total. The van der Waals surface area contributed by atoms with E-state index in [0.717, 1.165) is 5.03 Å². The minimum absolute atomic E-state index is 0.401. The summed E-state index contributed by atoms with van der Waals surface area (Å²) in [6.45, 7) is 4.38. The third kappa shape index (κ3) is 4.22. The van der Waals surface area contributed by atoms with Gasteiger partial charge in [0.1, 0.15) is 0 Å². The predicted molar refractivity (Wildman–Crippen MR) is 67.3 cm³/mol. The summed E-state index contributed by atoms with van der Waals surface area (Å²) in [6, 6.07) is 4.66. The van der Waals surface area contributed by atoms with Gasteiger partial charge in [0.2, 0.25) is 0 Å². The molecule has 0 aliphatic carbocycles. The topological polar surface area (TPSA) is 24.9 Å². The van der Waals surface area contributed by atoms with Gasteiger partial charge in [-0.15, -0.1) is 11.8 Å². The second-order valence-corrected chi connectivity index (χ2v) is 4.75. The van der Waals surface area contributed by atoms with Crippen molar-refractivity contribution < 1.29 is 0 Å². The summed E-state index contributed by atoms with van der Waals surface area (Å²) >= 11 is 1.85. The van der Waals surface area contributed by atoms with E-state index in [1.807, 2.05) is 25.0 Å². The Balaban J connectivity index is 2.57. The molecule has 0 aliphatic heterocycles. The fraction of sp³-hybridized carbons (Fsp3) is 0.583. The second-order valence-electron chi connectivity index (χ2n) is 3.64. The molecule has 1 aromatic rings. The Morgan fingerprint density at radius 3 is 3.00 bits per heavy atom. The molecule has 1 atom stereocenters. The Kier molecular flexibility index (Phi) is 5.73. The summed E-state index contributed by atoms with van der Waals surface area (Å²) < 4.78 is 0. The first-order chi connectivity index (χ1) is 7.27. The first-order valence-electron chi connectivity index (χ1n) is 5.54. The Morgan fingerprint density at radius 1 is 1.53 bits per heavy atom. The molecular weight excluding hydrogens is 204 g/mol. The number of nitrogens with one attached hydrogen (secondary N) is 1. The molecule has 0 fully saturated rings. The molecule has 1 aromatic heterocycles. The fourth-order valence-electron chi connectivity index (χ4n) is 1.26. The highest BCUT2D eigenvalue weighted by Gasteiger charge is 2.03. The Labute approximate surface area is 96.9 Å². The van der Waals surface area contributed by atoms with E-state index in [2.05, 4.69) is 36.3 Å². The average Bonchev–Trinajstić information content (AvgIpc) is 2.29. The third-order valence-corrected chi connectivity index (χ3v) is 3.45. The van der Waals surface area contributed by atoms with E-state index in [4.69, 9.17) is 0 Å². The van der Waals surface area contributed by atoms with Gasteiger partial charge in [0.05, 0.1) is 5.03 Å². The lowest BCUT2D eigenvalue weighted by Crippen LogP contribution is -2.12. The van der Waals surface area contributed by atoms with Crippen LogP contribution in [0.3, 0.4) is 0 Å². The van der Waals surface area contributed by atoms with Gasteiger partial charge >= 0.3 is 0 Å². The van der Waals surface area contributed by atoms with E-state index in [0.29, 0.717) is 6.04 Å². The van der Waals surface area contributed by atoms with Gasteiger partial charge in [0.25, 0.3) is 0 Å².